The summed E-state index contributed by atoms with van der Waals surface area (Å²) in [6.07, 6.45) is 0. The molecule has 0 amide bonds. The summed E-state index contributed by atoms with van der Waals surface area (Å²) in [6.45, 7) is 8.02. The van der Waals surface area contributed by atoms with Crippen molar-refractivity contribution >= 4 is 17.4 Å². The van der Waals surface area contributed by atoms with Gasteiger partial charge in [0.25, 0.3) is 0 Å². The monoisotopic (exact) mass is 291 g/mol. The number of nitrogens with two attached hydrogens (primary N) is 1. The molecule has 1 aromatic heterocycles. The molecule has 0 saturated carbocycles. The molecule has 0 saturated heterocycles. The summed E-state index contributed by atoms with van der Waals surface area (Å²) in [5.41, 5.74) is 6.60. The van der Waals surface area contributed by atoms with Crippen LogP contribution in [0.4, 0.5) is 5.82 Å². The Hall–Kier alpha value is -1.81. The first-order valence-corrected chi connectivity index (χ1v) is 6.72. The summed E-state index contributed by atoms with van der Waals surface area (Å²) in [4.78, 5) is 8.66. The fourth-order valence-corrected chi connectivity index (χ4v) is 1.79. The van der Waals surface area contributed by atoms with Crippen LogP contribution in [0, 0.1) is 6.92 Å². The van der Waals surface area contributed by atoms with Crippen LogP contribution in [-0.2, 0) is 5.41 Å². The zero-order chi connectivity index (χ0) is 14.9. The molecule has 4 nitrogen and oxygen atoms in total. The van der Waals surface area contributed by atoms with Crippen LogP contribution in [0.25, 0.3) is 0 Å². The van der Waals surface area contributed by atoms with Gasteiger partial charge in [-0.05, 0) is 24.6 Å². The standard InChI is InChI=1S/C15H18ClN3O/c1-9-5-6-10(16)7-11(9)20-13-8-12(17)18-14(19-13)15(2,3)4/h5-8H,1-4H3,(H2,17,18,19). The van der Waals surface area contributed by atoms with E-state index < -0.39 is 0 Å². The van der Waals surface area contributed by atoms with Crippen LogP contribution >= 0.6 is 11.6 Å². The minimum Gasteiger partial charge on any atom is -0.439 e. The molecule has 0 fully saturated rings. The van der Waals surface area contributed by atoms with Crippen LogP contribution in [0.5, 0.6) is 11.6 Å². The summed E-state index contributed by atoms with van der Waals surface area (Å²) in [5, 5.41) is 0.615. The highest BCUT2D eigenvalue weighted by molar-refractivity contribution is 6.30. The Balaban J connectivity index is 2.39. The predicted octanol–water partition coefficient (Wildman–Crippen LogP) is 4.11. The van der Waals surface area contributed by atoms with Crippen LogP contribution in [0.3, 0.4) is 0 Å². The van der Waals surface area contributed by atoms with Crippen LogP contribution in [0.15, 0.2) is 24.3 Å². The van der Waals surface area contributed by atoms with E-state index in [-0.39, 0.29) is 5.41 Å². The minimum atomic E-state index is -0.198. The van der Waals surface area contributed by atoms with Gasteiger partial charge in [-0.25, -0.2) is 4.98 Å². The number of benzene rings is 1. The predicted molar refractivity (Wildman–Crippen MR) is 81.4 cm³/mol. The highest BCUT2D eigenvalue weighted by atomic mass is 35.5. The molecule has 0 aliphatic rings. The summed E-state index contributed by atoms with van der Waals surface area (Å²) < 4.78 is 5.79. The van der Waals surface area contributed by atoms with Crippen LogP contribution in [-0.4, -0.2) is 9.97 Å². The number of ether oxygens (including phenoxy) is 1. The van der Waals surface area contributed by atoms with E-state index in [2.05, 4.69) is 9.97 Å². The van der Waals surface area contributed by atoms with Crippen LogP contribution in [0.2, 0.25) is 5.02 Å². The lowest BCUT2D eigenvalue weighted by Crippen LogP contribution is -2.17. The number of nitrogens with zero attached hydrogens (tertiary/aromatic N) is 2. The third kappa shape index (κ3) is 3.39. The Kier molecular flexibility index (Phi) is 3.86. The molecule has 2 aromatic rings. The van der Waals surface area contributed by atoms with Crippen molar-refractivity contribution in [1.82, 2.24) is 9.97 Å². The van der Waals surface area contributed by atoms with Gasteiger partial charge in [0.15, 0.2) is 0 Å². The van der Waals surface area contributed by atoms with E-state index in [0.717, 1.165) is 5.56 Å². The van der Waals surface area contributed by atoms with E-state index in [1.165, 1.54) is 0 Å². The topological polar surface area (TPSA) is 61.0 Å². The molecule has 0 radical (unpaired) electrons. The summed E-state index contributed by atoms with van der Waals surface area (Å²) in [5.74, 6) is 2.12. The van der Waals surface area contributed by atoms with Gasteiger partial charge in [0, 0.05) is 16.5 Å². The summed E-state index contributed by atoms with van der Waals surface area (Å²) >= 11 is 5.98. The van der Waals surface area contributed by atoms with E-state index in [9.17, 15) is 0 Å². The van der Waals surface area contributed by atoms with E-state index in [0.29, 0.717) is 28.3 Å². The van der Waals surface area contributed by atoms with E-state index in [1.54, 1.807) is 12.1 Å². The molecular formula is C15H18ClN3O. The van der Waals surface area contributed by atoms with Crippen LogP contribution in [0.1, 0.15) is 32.2 Å². The molecule has 0 bridgehead atoms. The molecule has 0 aliphatic heterocycles. The highest BCUT2D eigenvalue weighted by Gasteiger charge is 2.19. The number of anilines is 1. The smallest absolute Gasteiger partial charge is 0.224 e. The quantitative estimate of drug-likeness (QED) is 0.904. The molecule has 106 valence electrons. The van der Waals surface area contributed by atoms with E-state index in [4.69, 9.17) is 22.1 Å². The van der Waals surface area contributed by atoms with Crippen molar-refractivity contribution < 1.29 is 4.74 Å². The van der Waals surface area contributed by atoms with Gasteiger partial charge in [0.05, 0.1) is 0 Å². The molecule has 0 unspecified atom stereocenters. The maximum atomic E-state index is 5.98. The lowest BCUT2D eigenvalue weighted by Gasteiger charge is -2.18. The maximum absolute atomic E-state index is 5.98. The average Bonchev–Trinajstić information content (AvgIpc) is 2.32. The Bertz CT molecular complexity index is 636. The molecule has 2 N–H and O–H groups in total. The van der Waals surface area contributed by atoms with Gasteiger partial charge in [-0.3, -0.25) is 0 Å². The Morgan fingerprint density at radius 3 is 2.50 bits per heavy atom. The molecule has 0 aliphatic carbocycles. The molecule has 20 heavy (non-hydrogen) atoms. The number of hydrogen-bond acceptors (Lipinski definition) is 4. The Labute approximate surface area is 124 Å². The summed E-state index contributed by atoms with van der Waals surface area (Å²) in [6, 6.07) is 7.08. The second-order valence-electron chi connectivity index (χ2n) is 5.72. The average molecular weight is 292 g/mol. The second kappa shape index (κ2) is 5.29. The van der Waals surface area contributed by atoms with Crippen molar-refractivity contribution in [3.63, 3.8) is 0 Å². The van der Waals surface area contributed by atoms with Gasteiger partial charge in [-0.2, -0.15) is 4.98 Å². The zero-order valence-corrected chi connectivity index (χ0v) is 12.8. The first-order chi connectivity index (χ1) is 9.25. The van der Waals surface area contributed by atoms with E-state index in [1.807, 2.05) is 39.8 Å². The SMILES string of the molecule is Cc1ccc(Cl)cc1Oc1cc(N)nc(C(C)(C)C)n1. The Morgan fingerprint density at radius 1 is 1.15 bits per heavy atom. The lowest BCUT2D eigenvalue weighted by molar-refractivity contribution is 0.444. The van der Waals surface area contributed by atoms with Crippen molar-refractivity contribution in [2.75, 3.05) is 5.73 Å². The number of rotatable bonds is 2. The minimum absolute atomic E-state index is 0.198. The van der Waals surface area contributed by atoms with Gasteiger partial charge in [0.2, 0.25) is 5.88 Å². The number of halogens is 1. The molecule has 0 atom stereocenters. The number of nitrogen functional groups attached to an aromatic ring is 1. The molecule has 1 heterocycles. The van der Waals surface area contributed by atoms with Gasteiger partial charge < -0.3 is 10.5 Å². The lowest BCUT2D eigenvalue weighted by atomic mass is 9.96. The van der Waals surface area contributed by atoms with Crippen molar-refractivity contribution in [2.45, 2.75) is 33.1 Å². The molecule has 2 rings (SSSR count). The Morgan fingerprint density at radius 2 is 1.85 bits per heavy atom. The van der Waals surface area contributed by atoms with E-state index >= 15 is 0 Å². The molecule has 5 heteroatoms. The zero-order valence-electron chi connectivity index (χ0n) is 12.1. The number of hydrogen-bond donors (Lipinski definition) is 1. The second-order valence-corrected chi connectivity index (χ2v) is 6.15. The highest BCUT2D eigenvalue weighted by Crippen LogP contribution is 2.29. The molecular weight excluding hydrogens is 274 g/mol. The van der Waals surface area contributed by atoms with Gasteiger partial charge in [0.1, 0.15) is 17.4 Å². The molecule has 1 aromatic carbocycles. The molecule has 0 spiro atoms. The third-order valence-corrected chi connectivity index (χ3v) is 2.99. The van der Waals surface area contributed by atoms with Crippen molar-refractivity contribution in [1.29, 1.82) is 0 Å². The largest absolute Gasteiger partial charge is 0.439 e. The van der Waals surface area contributed by atoms with Gasteiger partial charge in [-0.1, -0.05) is 38.4 Å². The number of aromatic nitrogens is 2. The van der Waals surface area contributed by atoms with Crippen molar-refractivity contribution in [3.8, 4) is 11.6 Å². The third-order valence-electron chi connectivity index (χ3n) is 2.76. The normalized spacial score (nSPS) is 11.4. The fraction of sp³-hybridized carbons (Fsp3) is 0.333. The summed E-state index contributed by atoms with van der Waals surface area (Å²) in [7, 11) is 0. The number of aryl methyl sites for hydroxylation is 1. The fourth-order valence-electron chi connectivity index (χ4n) is 1.63. The first-order valence-electron chi connectivity index (χ1n) is 6.35. The maximum Gasteiger partial charge on any atom is 0.224 e. The van der Waals surface area contributed by atoms with Crippen molar-refractivity contribution in [3.05, 3.63) is 40.7 Å². The van der Waals surface area contributed by atoms with Gasteiger partial charge in [-0.15, -0.1) is 0 Å². The van der Waals surface area contributed by atoms with Crippen molar-refractivity contribution in [2.24, 2.45) is 0 Å². The van der Waals surface area contributed by atoms with Crippen LogP contribution < -0.4 is 10.5 Å². The van der Waals surface area contributed by atoms with Gasteiger partial charge >= 0.3 is 0 Å². The first kappa shape index (κ1) is 14.6.